The van der Waals surface area contributed by atoms with Crippen molar-refractivity contribution in [1.82, 2.24) is 5.32 Å². The molecular formula is C18H19ClFN. The van der Waals surface area contributed by atoms with Gasteiger partial charge in [0, 0.05) is 23.5 Å². The number of hydrogen-bond donors (Lipinski definition) is 1. The van der Waals surface area contributed by atoms with Crippen LogP contribution in [0.25, 0.3) is 0 Å². The minimum absolute atomic E-state index is 0.185. The molecule has 2 aromatic rings. The maximum Gasteiger partial charge on any atom is 0.123 e. The third-order valence-corrected chi connectivity index (χ3v) is 4.18. The molecule has 0 radical (unpaired) electrons. The van der Waals surface area contributed by atoms with E-state index in [0.29, 0.717) is 12.0 Å². The van der Waals surface area contributed by atoms with Crippen molar-refractivity contribution in [3.8, 4) is 0 Å². The Kier molecular flexibility index (Phi) is 4.57. The summed E-state index contributed by atoms with van der Waals surface area (Å²) in [6, 6.07) is 15.5. The van der Waals surface area contributed by atoms with Gasteiger partial charge in [0.15, 0.2) is 0 Å². The van der Waals surface area contributed by atoms with Gasteiger partial charge >= 0.3 is 0 Å². The van der Waals surface area contributed by atoms with Gasteiger partial charge in [0.25, 0.3) is 0 Å². The van der Waals surface area contributed by atoms with Crippen LogP contribution in [0, 0.1) is 5.82 Å². The Labute approximate surface area is 130 Å². The number of benzene rings is 2. The highest BCUT2D eigenvalue weighted by molar-refractivity contribution is 6.30. The van der Waals surface area contributed by atoms with Crippen LogP contribution in [-0.2, 0) is 6.42 Å². The number of hydrogen-bond acceptors (Lipinski definition) is 1. The Morgan fingerprint density at radius 3 is 2.57 bits per heavy atom. The van der Waals surface area contributed by atoms with E-state index in [4.69, 9.17) is 11.6 Å². The Morgan fingerprint density at radius 2 is 1.90 bits per heavy atom. The van der Waals surface area contributed by atoms with Gasteiger partial charge in [-0.1, -0.05) is 35.9 Å². The average molecular weight is 304 g/mol. The zero-order valence-corrected chi connectivity index (χ0v) is 12.6. The van der Waals surface area contributed by atoms with Crippen LogP contribution < -0.4 is 5.32 Å². The normalized spacial score (nSPS) is 15.9. The quantitative estimate of drug-likeness (QED) is 0.825. The van der Waals surface area contributed by atoms with Gasteiger partial charge in [-0.2, -0.15) is 0 Å². The lowest BCUT2D eigenvalue weighted by molar-refractivity contribution is 0.574. The Balaban J connectivity index is 1.75. The fourth-order valence-electron chi connectivity index (χ4n) is 2.59. The SMILES string of the molecule is Fc1ccc(C(CNC2CC2)Cc2cccc(Cl)c2)cc1. The number of rotatable bonds is 6. The van der Waals surface area contributed by atoms with E-state index in [1.54, 1.807) is 0 Å². The molecule has 1 unspecified atom stereocenters. The summed E-state index contributed by atoms with van der Waals surface area (Å²) in [6.45, 7) is 0.919. The van der Waals surface area contributed by atoms with Crippen LogP contribution in [0.5, 0.6) is 0 Å². The topological polar surface area (TPSA) is 12.0 Å². The van der Waals surface area contributed by atoms with Crippen LogP contribution in [-0.4, -0.2) is 12.6 Å². The van der Waals surface area contributed by atoms with Crippen molar-refractivity contribution >= 4 is 11.6 Å². The van der Waals surface area contributed by atoms with E-state index >= 15 is 0 Å². The second-order valence-electron chi connectivity index (χ2n) is 5.77. The van der Waals surface area contributed by atoms with Gasteiger partial charge in [-0.05, 0) is 54.7 Å². The molecule has 1 aliphatic rings. The maximum absolute atomic E-state index is 13.1. The Hall–Kier alpha value is -1.38. The van der Waals surface area contributed by atoms with Gasteiger partial charge in [-0.25, -0.2) is 4.39 Å². The molecule has 2 aromatic carbocycles. The molecular weight excluding hydrogens is 285 g/mol. The van der Waals surface area contributed by atoms with E-state index in [-0.39, 0.29) is 5.82 Å². The predicted octanol–water partition coefficient (Wildman–Crippen LogP) is 4.56. The van der Waals surface area contributed by atoms with E-state index in [0.717, 1.165) is 18.0 Å². The Morgan fingerprint density at radius 1 is 1.14 bits per heavy atom. The summed E-state index contributed by atoms with van der Waals surface area (Å²) in [5.41, 5.74) is 2.39. The molecule has 0 aromatic heterocycles. The fraction of sp³-hybridized carbons (Fsp3) is 0.333. The van der Waals surface area contributed by atoms with Gasteiger partial charge < -0.3 is 5.32 Å². The molecule has 21 heavy (non-hydrogen) atoms. The number of halogens is 2. The molecule has 3 rings (SSSR count). The lowest BCUT2D eigenvalue weighted by atomic mass is 9.92. The molecule has 1 atom stereocenters. The average Bonchev–Trinajstić information content (AvgIpc) is 3.29. The Bertz CT molecular complexity index is 592. The van der Waals surface area contributed by atoms with E-state index in [2.05, 4.69) is 11.4 Å². The van der Waals surface area contributed by atoms with E-state index < -0.39 is 0 Å². The first-order valence-electron chi connectivity index (χ1n) is 7.44. The molecule has 1 aliphatic carbocycles. The third-order valence-electron chi connectivity index (χ3n) is 3.94. The second kappa shape index (κ2) is 6.59. The minimum atomic E-state index is -0.185. The summed E-state index contributed by atoms with van der Waals surface area (Å²) in [4.78, 5) is 0. The molecule has 0 spiro atoms. The highest BCUT2D eigenvalue weighted by Gasteiger charge is 2.22. The van der Waals surface area contributed by atoms with Gasteiger partial charge in [0.05, 0.1) is 0 Å². The van der Waals surface area contributed by atoms with Crippen molar-refractivity contribution in [3.63, 3.8) is 0 Å². The smallest absolute Gasteiger partial charge is 0.123 e. The fourth-order valence-corrected chi connectivity index (χ4v) is 2.80. The van der Waals surface area contributed by atoms with E-state index in [9.17, 15) is 4.39 Å². The van der Waals surface area contributed by atoms with Crippen molar-refractivity contribution in [3.05, 3.63) is 70.5 Å². The van der Waals surface area contributed by atoms with Gasteiger partial charge in [-0.3, -0.25) is 0 Å². The molecule has 110 valence electrons. The lowest BCUT2D eigenvalue weighted by Crippen LogP contribution is -2.24. The largest absolute Gasteiger partial charge is 0.313 e. The van der Waals surface area contributed by atoms with Crippen LogP contribution in [0.15, 0.2) is 48.5 Å². The predicted molar refractivity (Wildman–Crippen MR) is 85.3 cm³/mol. The van der Waals surface area contributed by atoms with Crippen LogP contribution in [0.1, 0.15) is 29.9 Å². The van der Waals surface area contributed by atoms with Crippen molar-refractivity contribution < 1.29 is 4.39 Å². The van der Waals surface area contributed by atoms with Crippen LogP contribution in [0.4, 0.5) is 4.39 Å². The summed E-state index contributed by atoms with van der Waals surface area (Å²) < 4.78 is 13.1. The summed E-state index contributed by atoms with van der Waals surface area (Å²) in [7, 11) is 0. The van der Waals surface area contributed by atoms with Gasteiger partial charge in [0.1, 0.15) is 5.82 Å². The molecule has 0 bridgehead atoms. The lowest BCUT2D eigenvalue weighted by Gasteiger charge is -2.18. The summed E-state index contributed by atoms with van der Waals surface area (Å²) in [5.74, 6) is 0.153. The highest BCUT2D eigenvalue weighted by atomic mass is 35.5. The molecule has 0 heterocycles. The molecule has 0 aliphatic heterocycles. The van der Waals surface area contributed by atoms with E-state index in [1.165, 1.54) is 36.1 Å². The van der Waals surface area contributed by atoms with Crippen molar-refractivity contribution in [2.24, 2.45) is 0 Å². The second-order valence-corrected chi connectivity index (χ2v) is 6.20. The standard InChI is InChI=1S/C18H19ClFN/c19-16-3-1-2-13(11-16)10-15(12-21-18-8-9-18)14-4-6-17(20)7-5-14/h1-7,11,15,18,21H,8-10,12H2. The van der Waals surface area contributed by atoms with E-state index in [1.807, 2.05) is 30.3 Å². The van der Waals surface area contributed by atoms with Gasteiger partial charge in [0.2, 0.25) is 0 Å². The molecule has 3 heteroatoms. The summed E-state index contributed by atoms with van der Waals surface area (Å²) in [5, 5.41) is 4.34. The summed E-state index contributed by atoms with van der Waals surface area (Å²) >= 11 is 6.07. The van der Waals surface area contributed by atoms with Gasteiger partial charge in [-0.15, -0.1) is 0 Å². The minimum Gasteiger partial charge on any atom is -0.313 e. The van der Waals surface area contributed by atoms with Crippen LogP contribution in [0.2, 0.25) is 5.02 Å². The molecule has 1 nitrogen and oxygen atoms in total. The molecule has 0 amide bonds. The first-order chi connectivity index (χ1) is 10.2. The number of nitrogens with one attached hydrogen (secondary N) is 1. The zero-order chi connectivity index (χ0) is 14.7. The van der Waals surface area contributed by atoms with Crippen molar-refractivity contribution in [1.29, 1.82) is 0 Å². The first-order valence-corrected chi connectivity index (χ1v) is 7.82. The maximum atomic E-state index is 13.1. The first kappa shape index (κ1) is 14.6. The van der Waals surface area contributed by atoms with Crippen molar-refractivity contribution in [2.75, 3.05) is 6.54 Å². The summed E-state index contributed by atoms with van der Waals surface area (Å²) in [6.07, 6.45) is 3.45. The highest BCUT2D eigenvalue weighted by Crippen LogP contribution is 2.25. The van der Waals surface area contributed by atoms with Crippen LogP contribution in [0.3, 0.4) is 0 Å². The zero-order valence-electron chi connectivity index (χ0n) is 11.9. The van der Waals surface area contributed by atoms with Crippen LogP contribution >= 0.6 is 11.6 Å². The molecule has 1 saturated carbocycles. The third kappa shape index (κ3) is 4.29. The monoisotopic (exact) mass is 303 g/mol. The molecule has 1 fully saturated rings. The molecule has 1 N–H and O–H groups in total. The molecule has 0 saturated heterocycles. The van der Waals surface area contributed by atoms with Crippen molar-refractivity contribution in [2.45, 2.75) is 31.2 Å².